The zero-order valence-electron chi connectivity index (χ0n) is 54.9. The lowest BCUT2D eigenvalue weighted by atomic mass is 9.98. The van der Waals surface area contributed by atoms with Gasteiger partial charge in [0.1, 0.15) is 18.8 Å². The van der Waals surface area contributed by atoms with E-state index in [2.05, 4.69) is 69.4 Å². The van der Waals surface area contributed by atoms with Crippen molar-refractivity contribution >= 4 is 23.9 Å². The Kier molecular flexibility index (Phi) is 57.1. The summed E-state index contributed by atoms with van der Waals surface area (Å²) in [4.78, 5) is 51.5. The third-order valence-corrected chi connectivity index (χ3v) is 16.4. The van der Waals surface area contributed by atoms with Gasteiger partial charge in [-0.2, -0.15) is 0 Å². The van der Waals surface area contributed by atoms with Crippen molar-refractivity contribution in [3.63, 3.8) is 0 Å². The fourth-order valence-corrected chi connectivity index (χ4v) is 10.9. The highest BCUT2D eigenvalue weighted by Gasteiger charge is 2.50. The fraction of sp³-hybridized carbons (Fsp3) is 0.836. The van der Waals surface area contributed by atoms with Crippen LogP contribution in [0.15, 0.2) is 48.6 Å². The number of esters is 3. The fourth-order valence-electron chi connectivity index (χ4n) is 10.9. The van der Waals surface area contributed by atoms with Crippen molar-refractivity contribution in [1.29, 1.82) is 0 Å². The molecule has 6 unspecified atom stereocenters. The van der Waals surface area contributed by atoms with Crippen molar-refractivity contribution in [2.24, 2.45) is 0 Å². The number of ether oxygens (including phenoxy) is 5. The first-order chi connectivity index (χ1) is 41.6. The maximum Gasteiger partial charge on any atom is 0.335 e. The molecule has 494 valence electrons. The number of carbonyl (C=O) groups is 4. The molecule has 1 fully saturated rings. The second kappa shape index (κ2) is 60.9. The number of carbonyl (C=O) groups excluding carboxylic acids is 3. The van der Waals surface area contributed by atoms with Gasteiger partial charge in [-0.05, 0) is 83.5 Å². The normalized spacial score (nSPS) is 17.7. The monoisotopic (exact) mass is 1200 g/mol. The van der Waals surface area contributed by atoms with Crippen molar-refractivity contribution in [3.8, 4) is 0 Å². The minimum absolute atomic E-state index is 0.0568. The molecule has 12 nitrogen and oxygen atoms in total. The summed E-state index contributed by atoms with van der Waals surface area (Å²) in [5, 5.41) is 31.7. The predicted molar refractivity (Wildman–Crippen MR) is 349 cm³/mol. The summed E-state index contributed by atoms with van der Waals surface area (Å²) in [5.41, 5.74) is 0. The highest BCUT2D eigenvalue weighted by Crippen LogP contribution is 2.27. The van der Waals surface area contributed by atoms with Crippen LogP contribution in [0.25, 0.3) is 0 Å². The zero-order chi connectivity index (χ0) is 61.7. The molecule has 85 heavy (non-hydrogen) atoms. The molecule has 0 aromatic heterocycles. The van der Waals surface area contributed by atoms with Crippen LogP contribution in [0.2, 0.25) is 0 Å². The molecule has 0 saturated carbocycles. The maximum atomic E-state index is 13.3. The first kappa shape index (κ1) is 79.7. The molecule has 1 saturated heterocycles. The van der Waals surface area contributed by atoms with Gasteiger partial charge in [0.2, 0.25) is 0 Å². The van der Waals surface area contributed by atoms with E-state index in [1.54, 1.807) is 0 Å². The number of hydrogen-bond donors (Lipinski definition) is 3. The molecular formula is C73H130O12. The standard InChI is InChI=1S/C73H130O12/c1-4-7-10-13-16-19-22-25-28-31-33-36-38-41-44-47-50-53-56-59-65(74)81-62-64(83-66(75)60-57-54-51-48-45-42-40-37-34-32-29-26-23-20-17-14-11-8-5-2)63-82-73-71(69(78)68(77)70(85-73)72(79)80)84-67(76)61-58-55-52-49-46-43-39-35-30-27-24-21-18-15-12-9-6-3/h16,19,25,27-28,30,33,36,64,68-71,73,77-78H,4-15,17-18,20-24,26,29,31-32,34-35,37-63H2,1-3H3,(H,79,80)/b19-16-,28-25-,30-27-,36-33-. The van der Waals surface area contributed by atoms with Crippen LogP contribution in [0.3, 0.4) is 0 Å². The first-order valence-electron chi connectivity index (χ1n) is 35.6. The molecule has 1 rings (SSSR count). The van der Waals surface area contributed by atoms with Crippen molar-refractivity contribution in [1.82, 2.24) is 0 Å². The predicted octanol–water partition coefficient (Wildman–Crippen LogP) is 19.7. The van der Waals surface area contributed by atoms with Crippen LogP contribution in [-0.4, -0.2) is 89.2 Å². The van der Waals surface area contributed by atoms with Gasteiger partial charge in [-0.3, -0.25) is 14.4 Å². The van der Waals surface area contributed by atoms with Crippen molar-refractivity contribution in [3.05, 3.63) is 48.6 Å². The number of allylic oxidation sites excluding steroid dienone is 8. The molecule has 0 radical (unpaired) electrons. The minimum Gasteiger partial charge on any atom is -0.479 e. The summed E-state index contributed by atoms with van der Waals surface area (Å²) in [5.74, 6) is -3.11. The number of hydrogen-bond acceptors (Lipinski definition) is 11. The second-order valence-corrected chi connectivity index (χ2v) is 24.5. The molecule has 1 heterocycles. The van der Waals surface area contributed by atoms with E-state index in [9.17, 15) is 34.5 Å². The lowest BCUT2D eigenvalue weighted by molar-refractivity contribution is -0.301. The summed E-state index contributed by atoms with van der Waals surface area (Å²) in [7, 11) is 0. The molecule has 0 aliphatic carbocycles. The van der Waals surface area contributed by atoms with Crippen LogP contribution in [-0.2, 0) is 42.9 Å². The SMILES string of the molecule is CCCCC/C=C\C/C=C\C/C=C\CCCCCCCCC(=O)OCC(COC1OC(C(=O)O)C(O)C(O)C1OC(=O)CCCCCCCCC/C=C\CCCCCCCC)OC(=O)CCCCCCCCCCCCCCCCCCCCC. The second-order valence-electron chi connectivity index (χ2n) is 24.5. The van der Waals surface area contributed by atoms with Gasteiger partial charge in [0.05, 0.1) is 6.61 Å². The van der Waals surface area contributed by atoms with E-state index in [1.807, 2.05) is 0 Å². The van der Waals surface area contributed by atoms with E-state index < -0.39 is 67.3 Å². The average molecular weight is 1200 g/mol. The van der Waals surface area contributed by atoms with E-state index in [-0.39, 0.29) is 25.9 Å². The van der Waals surface area contributed by atoms with Gasteiger partial charge in [-0.25, -0.2) is 4.79 Å². The minimum atomic E-state index is -1.91. The zero-order valence-corrected chi connectivity index (χ0v) is 54.9. The number of aliphatic carboxylic acids is 1. The Labute approximate surface area is 520 Å². The van der Waals surface area contributed by atoms with Crippen molar-refractivity contribution < 1.29 is 58.2 Å². The van der Waals surface area contributed by atoms with Crippen LogP contribution >= 0.6 is 0 Å². The van der Waals surface area contributed by atoms with Crippen molar-refractivity contribution in [2.45, 2.75) is 379 Å². The van der Waals surface area contributed by atoms with Gasteiger partial charge in [0.15, 0.2) is 24.6 Å². The molecule has 12 heteroatoms. The van der Waals surface area contributed by atoms with Crippen LogP contribution in [0.5, 0.6) is 0 Å². The molecule has 0 aromatic carbocycles. The summed E-state index contributed by atoms with van der Waals surface area (Å²) in [6.07, 6.45) is 63.4. The van der Waals surface area contributed by atoms with Gasteiger partial charge in [-0.15, -0.1) is 0 Å². The van der Waals surface area contributed by atoms with Crippen LogP contribution in [0.4, 0.5) is 0 Å². The van der Waals surface area contributed by atoms with E-state index >= 15 is 0 Å². The lowest BCUT2D eigenvalue weighted by Crippen LogP contribution is -2.61. The Morgan fingerprint density at radius 3 is 1.11 bits per heavy atom. The van der Waals surface area contributed by atoms with E-state index in [0.29, 0.717) is 19.3 Å². The molecule has 1 aliphatic heterocycles. The third kappa shape index (κ3) is 50.3. The number of aliphatic hydroxyl groups excluding tert-OH is 2. The Hall–Kier alpha value is -3.32. The largest absolute Gasteiger partial charge is 0.479 e. The highest BCUT2D eigenvalue weighted by atomic mass is 16.7. The number of carboxylic acid groups (broad SMARTS) is 1. The number of unbranched alkanes of at least 4 members (excludes halogenated alkanes) is 40. The van der Waals surface area contributed by atoms with Crippen molar-refractivity contribution in [2.75, 3.05) is 13.2 Å². The first-order valence-corrected chi connectivity index (χ1v) is 35.6. The molecule has 0 amide bonds. The Morgan fingerprint density at radius 2 is 0.706 bits per heavy atom. The van der Waals surface area contributed by atoms with E-state index in [1.165, 1.54) is 180 Å². The topological polar surface area (TPSA) is 175 Å². The van der Waals surface area contributed by atoms with E-state index in [4.69, 9.17) is 23.7 Å². The smallest absolute Gasteiger partial charge is 0.335 e. The number of aliphatic hydroxyl groups is 2. The summed E-state index contributed by atoms with van der Waals surface area (Å²) >= 11 is 0. The van der Waals surface area contributed by atoms with Gasteiger partial charge in [0.25, 0.3) is 0 Å². The number of carboxylic acids is 1. The molecule has 0 aromatic rings. The quantitative estimate of drug-likeness (QED) is 0.0228. The van der Waals surface area contributed by atoms with Gasteiger partial charge in [0, 0.05) is 19.3 Å². The summed E-state index contributed by atoms with van der Waals surface area (Å²) in [6, 6.07) is 0. The van der Waals surface area contributed by atoms with Crippen LogP contribution in [0, 0.1) is 0 Å². The molecule has 1 aliphatic rings. The third-order valence-electron chi connectivity index (χ3n) is 16.4. The van der Waals surface area contributed by atoms with Gasteiger partial charge >= 0.3 is 23.9 Å². The Balaban J connectivity index is 2.63. The average Bonchev–Trinajstić information content (AvgIpc) is 3.46. The highest BCUT2D eigenvalue weighted by molar-refractivity contribution is 5.74. The lowest BCUT2D eigenvalue weighted by Gasteiger charge is -2.40. The van der Waals surface area contributed by atoms with Crippen LogP contribution < -0.4 is 0 Å². The van der Waals surface area contributed by atoms with E-state index in [0.717, 1.165) is 103 Å². The molecular weight excluding hydrogens is 1070 g/mol. The maximum absolute atomic E-state index is 13.3. The molecule has 0 spiro atoms. The Bertz CT molecular complexity index is 1660. The Morgan fingerprint density at radius 1 is 0.388 bits per heavy atom. The summed E-state index contributed by atoms with van der Waals surface area (Å²) in [6.45, 7) is 6.02. The van der Waals surface area contributed by atoms with Gasteiger partial charge < -0.3 is 39.0 Å². The van der Waals surface area contributed by atoms with Gasteiger partial charge in [-0.1, -0.05) is 288 Å². The molecule has 6 atom stereocenters. The van der Waals surface area contributed by atoms with Crippen LogP contribution in [0.1, 0.15) is 342 Å². The molecule has 3 N–H and O–H groups in total. The number of rotatable bonds is 62. The summed E-state index contributed by atoms with van der Waals surface area (Å²) < 4.78 is 28.6. The molecule has 0 bridgehead atoms.